The van der Waals surface area contributed by atoms with Crippen LogP contribution >= 0.6 is 0 Å². The summed E-state index contributed by atoms with van der Waals surface area (Å²) in [5, 5.41) is 18.2. The molecule has 34 heavy (non-hydrogen) atoms. The van der Waals surface area contributed by atoms with Crippen LogP contribution in [0.15, 0.2) is 61.2 Å². The zero-order valence-corrected chi connectivity index (χ0v) is 18.5. The first-order valence-electron chi connectivity index (χ1n) is 10.8. The van der Waals surface area contributed by atoms with E-state index in [1.165, 1.54) is 35.4 Å². The highest BCUT2D eigenvalue weighted by molar-refractivity contribution is 5.92. The van der Waals surface area contributed by atoms with Crippen LogP contribution in [-0.4, -0.2) is 38.5 Å². The summed E-state index contributed by atoms with van der Waals surface area (Å²) in [4.78, 5) is 20.9. The van der Waals surface area contributed by atoms with Gasteiger partial charge in [-0.05, 0) is 36.8 Å². The van der Waals surface area contributed by atoms with E-state index in [1.54, 1.807) is 18.5 Å². The van der Waals surface area contributed by atoms with E-state index in [2.05, 4.69) is 25.7 Å². The molecule has 1 amide bonds. The zero-order chi connectivity index (χ0) is 23.9. The SMILES string of the molecule is CC[C@@H](C=N)COc1ccc2c(Nc3cnn(CC(=O)Nc4cccc(F)c4)c3)ncnc2c1. The van der Waals surface area contributed by atoms with Gasteiger partial charge in [0.1, 0.15) is 30.3 Å². The number of ether oxygens (including phenoxy) is 1. The summed E-state index contributed by atoms with van der Waals surface area (Å²) in [6.07, 6.45) is 6.96. The fourth-order valence-corrected chi connectivity index (χ4v) is 3.28. The highest BCUT2D eigenvalue weighted by Gasteiger charge is 2.10. The van der Waals surface area contributed by atoms with Crippen LogP contribution < -0.4 is 15.4 Å². The number of nitrogens with one attached hydrogen (secondary N) is 3. The number of anilines is 3. The lowest BCUT2D eigenvalue weighted by Crippen LogP contribution is -2.19. The number of amides is 1. The van der Waals surface area contributed by atoms with Crippen LogP contribution in [-0.2, 0) is 11.3 Å². The van der Waals surface area contributed by atoms with Gasteiger partial charge < -0.3 is 20.8 Å². The zero-order valence-electron chi connectivity index (χ0n) is 18.5. The second-order valence-corrected chi connectivity index (χ2v) is 7.66. The lowest BCUT2D eigenvalue weighted by atomic mass is 10.1. The molecule has 0 unspecified atom stereocenters. The van der Waals surface area contributed by atoms with Gasteiger partial charge in [0, 0.05) is 35.5 Å². The number of rotatable bonds is 10. The molecule has 0 aliphatic rings. The normalized spacial score (nSPS) is 11.7. The lowest BCUT2D eigenvalue weighted by molar-refractivity contribution is -0.116. The summed E-state index contributed by atoms with van der Waals surface area (Å²) in [5.41, 5.74) is 1.74. The Labute approximate surface area is 195 Å². The van der Waals surface area contributed by atoms with Gasteiger partial charge in [0.05, 0.1) is 24.0 Å². The van der Waals surface area contributed by atoms with Crippen LogP contribution in [0.3, 0.4) is 0 Å². The fraction of sp³-hybridized carbons (Fsp3) is 0.208. The molecule has 2 aromatic carbocycles. The monoisotopic (exact) mass is 461 g/mol. The third-order valence-electron chi connectivity index (χ3n) is 5.14. The summed E-state index contributed by atoms with van der Waals surface area (Å²) >= 11 is 0. The minimum absolute atomic E-state index is 0.0298. The quantitative estimate of drug-likeness (QED) is 0.301. The molecule has 0 fully saturated rings. The molecule has 0 spiro atoms. The van der Waals surface area contributed by atoms with E-state index >= 15 is 0 Å². The number of carbonyl (C=O) groups excluding carboxylic acids is 1. The number of fused-ring (bicyclic) bond motifs is 1. The highest BCUT2D eigenvalue weighted by atomic mass is 19.1. The van der Waals surface area contributed by atoms with E-state index in [0.29, 0.717) is 35.1 Å². The molecule has 0 bridgehead atoms. The minimum Gasteiger partial charge on any atom is -0.493 e. The van der Waals surface area contributed by atoms with Crippen LogP contribution in [0.5, 0.6) is 5.75 Å². The molecule has 174 valence electrons. The van der Waals surface area contributed by atoms with E-state index in [-0.39, 0.29) is 18.4 Å². The predicted octanol–water partition coefficient (Wildman–Crippen LogP) is 4.40. The van der Waals surface area contributed by atoms with Gasteiger partial charge in [0.15, 0.2) is 0 Å². The molecule has 0 radical (unpaired) electrons. The smallest absolute Gasteiger partial charge is 0.246 e. The predicted molar refractivity (Wildman–Crippen MR) is 128 cm³/mol. The first-order valence-corrected chi connectivity index (χ1v) is 10.8. The third kappa shape index (κ3) is 5.71. The Balaban J connectivity index is 1.41. The number of benzene rings is 2. The van der Waals surface area contributed by atoms with Gasteiger partial charge in [0.25, 0.3) is 0 Å². The van der Waals surface area contributed by atoms with Crippen molar-refractivity contribution in [2.45, 2.75) is 19.9 Å². The molecular weight excluding hydrogens is 437 g/mol. The lowest BCUT2D eigenvalue weighted by Gasteiger charge is -2.12. The van der Waals surface area contributed by atoms with Crippen LogP contribution in [0.4, 0.5) is 21.6 Å². The topological polar surface area (TPSA) is 118 Å². The maximum Gasteiger partial charge on any atom is 0.246 e. The summed E-state index contributed by atoms with van der Waals surface area (Å²) in [6.45, 7) is 2.43. The second-order valence-electron chi connectivity index (χ2n) is 7.66. The molecule has 0 aliphatic heterocycles. The van der Waals surface area contributed by atoms with Crippen LogP contribution in [0, 0.1) is 17.1 Å². The largest absolute Gasteiger partial charge is 0.493 e. The van der Waals surface area contributed by atoms with Gasteiger partial charge in [-0.15, -0.1) is 0 Å². The number of halogens is 1. The van der Waals surface area contributed by atoms with Crippen LogP contribution in [0.25, 0.3) is 10.9 Å². The molecule has 0 saturated carbocycles. The van der Waals surface area contributed by atoms with E-state index in [1.807, 2.05) is 25.1 Å². The maximum absolute atomic E-state index is 13.3. The molecule has 2 heterocycles. The van der Waals surface area contributed by atoms with E-state index in [4.69, 9.17) is 10.1 Å². The van der Waals surface area contributed by atoms with Gasteiger partial charge >= 0.3 is 0 Å². The number of hydrogen-bond acceptors (Lipinski definition) is 7. The van der Waals surface area contributed by atoms with Crippen LogP contribution in [0.2, 0.25) is 0 Å². The first kappa shape index (κ1) is 22.8. The molecule has 0 saturated heterocycles. The average molecular weight is 462 g/mol. The van der Waals surface area contributed by atoms with E-state index < -0.39 is 5.82 Å². The Morgan fingerprint density at radius 2 is 2.12 bits per heavy atom. The number of carbonyl (C=O) groups is 1. The van der Waals surface area contributed by atoms with Gasteiger partial charge in [-0.2, -0.15) is 5.10 Å². The van der Waals surface area contributed by atoms with Gasteiger partial charge in [-0.25, -0.2) is 14.4 Å². The average Bonchev–Trinajstić information content (AvgIpc) is 3.26. The Morgan fingerprint density at radius 3 is 2.91 bits per heavy atom. The van der Waals surface area contributed by atoms with Crippen molar-refractivity contribution >= 4 is 40.2 Å². The number of hydrogen-bond donors (Lipinski definition) is 3. The molecule has 10 heteroatoms. The van der Waals surface area contributed by atoms with Crippen molar-refractivity contribution in [3.8, 4) is 5.75 Å². The molecule has 1 atom stereocenters. The Kier molecular flexibility index (Phi) is 7.07. The van der Waals surface area contributed by atoms with Crippen molar-refractivity contribution in [2.75, 3.05) is 17.2 Å². The van der Waals surface area contributed by atoms with Gasteiger partial charge in [0.2, 0.25) is 5.91 Å². The van der Waals surface area contributed by atoms with Crippen molar-refractivity contribution in [1.82, 2.24) is 19.7 Å². The van der Waals surface area contributed by atoms with Crippen LogP contribution in [0.1, 0.15) is 13.3 Å². The molecule has 3 N–H and O–H groups in total. The maximum atomic E-state index is 13.3. The van der Waals surface area contributed by atoms with Crippen molar-refractivity contribution in [2.24, 2.45) is 5.92 Å². The standard InChI is InChI=1S/C24H24FN7O2/c1-2-16(10-26)14-34-20-6-7-21-22(9-20)27-15-28-24(21)31-19-11-29-32(12-19)13-23(33)30-18-5-3-4-17(25)8-18/h3-12,15-16,26H,2,13-14H2,1H3,(H,30,33)(H,27,28,31)/t16-/m0/s1. The fourth-order valence-electron chi connectivity index (χ4n) is 3.28. The molecule has 4 aromatic rings. The molecular formula is C24H24FN7O2. The summed E-state index contributed by atoms with van der Waals surface area (Å²) in [6, 6.07) is 11.2. The first-order chi connectivity index (χ1) is 16.5. The van der Waals surface area contributed by atoms with Crippen molar-refractivity contribution < 1.29 is 13.9 Å². The number of aromatic nitrogens is 4. The third-order valence-corrected chi connectivity index (χ3v) is 5.14. The Bertz CT molecular complexity index is 1310. The Morgan fingerprint density at radius 1 is 1.24 bits per heavy atom. The van der Waals surface area contributed by atoms with E-state index in [0.717, 1.165) is 11.8 Å². The molecule has 2 aromatic heterocycles. The van der Waals surface area contributed by atoms with E-state index in [9.17, 15) is 9.18 Å². The summed E-state index contributed by atoms with van der Waals surface area (Å²) in [7, 11) is 0. The van der Waals surface area contributed by atoms with Gasteiger partial charge in [-0.3, -0.25) is 9.48 Å². The molecule has 4 rings (SSSR count). The summed E-state index contributed by atoms with van der Waals surface area (Å²) in [5.74, 6) is 0.593. The minimum atomic E-state index is -0.421. The van der Waals surface area contributed by atoms with Crippen molar-refractivity contribution in [3.63, 3.8) is 0 Å². The van der Waals surface area contributed by atoms with Crippen molar-refractivity contribution in [1.29, 1.82) is 5.41 Å². The van der Waals surface area contributed by atoms with Gasteiger partial charge in [-0.1, -0.05) is 13.0 Å². The Hall–Kier alpha value is -4.34. The second kappa shape index (κ2) is 10.5. The van der Waals surface area contributed by atoms with Crippen molar-refractivity contribution in [3.05, 3.63) is 67.0 Å². The number of nitrogens with zero attached hydrogens (tertiary/aromatic N) is 4. The molecule has 9 nitrogen and oxygen atoms in total. The highest BCUT2D eigenvalue weighted by Crippen LogP contribution is 2.26. The molecule has 0 aliphatic carbocycles. The summed E-state index contributed by atoms with van der Waals surface area (Å²) < 4.78 is 20.6.